The molecular formula is C20H33NO3. The second-order valence-electron chi connectivity index (χ2n) is 6.87. The van der Waals surface area contributed by atoms with Crippen LogP contribution in [0.4, 0.5) is 5.69 Å². The van der Waals surface area contributed by atoms with Crippen LogP contribution in [0.25, 0.3) is 0 Å². The van der Waals surface area contributed by atoms with Crippen molar-refractivity contribution in [2.45, 2.75) is 65.9 Å². The first-order valence-corrected chi connectivity index (χ1v) is 9.09. The van der Waals surface area contributed by atoms with Crippen molar-refractivity contribution in [3.63, 3.8) is 0 Å². The highest BCUT2D eigenvalue weighted by atomic mass is 16.5. The van der Waals surface area contributed by atoms with Crippen LogP contribution in [0.3, 0.4) is 0 Å². The van der Waals surface area contributed by atoms with Gasteiger partial charge in [0.2, 0.25) is 0 Å². The lowest BCUT2D eigenvalue weighted by molar-refractivity contribution is -0.140. The minimum atomic E-state index is -0.779. The summed E-state index contributed by atoms with van der Waals surface area (Å²) in [6, 6.07) is 7.50. The number of ether oxygens (including phenoxy) is 2. The van der Waals surface area contributed by atoms with Crippen molar-refractivity contribution in [3.8, 4) is 5.75 Å². The molecule has 0 spiro atoms. The van der Waals surface area contributed by atoms with Gasteiger partial charge >= 0.3 is 0 Å². The lowest BCUT2D eigenvalue weighted by Crippen LogP contribution is -2.43. The maximum absolute atomic E-state index is 12.7. The quantitative estimate of drug-likeness (QED) is 0.616. The number of amides is 1. The molecule has 0 unspecified atom stereocenters. The number of hydrogen-bond acceptors (Lipinski definition) is 3. The van der Waals surface area contributed by atoms with Crippen LogP contribution in [0.2, 0.25) is 0 Å². The molecule has 0 radical (unpaired) electrons. The van der Waals surface area contributed by atoms with Gasteiger partial charge in [0.1, 0.15) is 11.4 Å². The van der Waals surface area contributed by atoms with E-state index in [0.29, 0.717) is 19.1 Å². The summed E-state index contributed by atoms with van der Waals surface area (Å²) >= 11 is 0. The molecule has 0 bridgehead atoms. The Bertz CT molecular complexity index is 474. The van der Waals surface area contributed by atoms with E-state index >= 15 is 0 Å². The Morgan fingerprint density at radius 1 is 1.17 bits per heavy atom. The summed E-state index contributed by atoms with van der Waals surface area (Å²) in [5, 5.41) is 2.97. The van der Waals surface area contributed by atoms with Crippen molar-refractivity contribution >= 4 is 11.6 Å². The van der Waals surface area contributed by atoms with Gasteiger partial charge < -0.3 is 14.8 Å². The Labute approximate surface area is 146 Å². The molecule has 0 fully saturated rings. The number of anilines is 1. The zero-order valence-electron chi connectivity index (χ0n) is 15.9. The third-order valence-electron chi connectivity index (χ3n) is 3.81. The van der Waals surface area contributed by atoms with Gasteiger partial charge in [-0.25, -0.2) is 0 Å². The Morgan fingerprint density at radius 3 is 2.38 bits per heavy atom. The van der Waals surface area contributed by atoms with Gasteiger partial charge in [-0.1, -0.05) is 40.5 Å². The summed E-state index contributed by atoms with van der Waals surface area (Å²) in [5.74, 6) is 1.22. The van der Waals surface area contributed by atoms with Crippen molar-refractivity contribution < 1.29 is 14.3 Å². The number of carbonyl (C=O) groups is 1. The molecule has 4 heteroatoms. The molecule has 1 aromatic rings. The molecule has 0 heterocycles. The first-order valence-electron chi connectivity index (χ1n) is 9.09. The van der Waals surface area contributed by atoms with Gasteiger partial charge in [-0.05, 0) is 49.9 Å². The molecule has 0 aromatic heterocycles. The summed E-state index contributed by atoms with van der Waals surface area (Å²) < 4.78 is 11.5. The summed E-state index contributed by atoms with van der Waals surface area (Å²) in [7, 11) is 0. The average Bonchev–Trinajstić information content (AvgIpc) is 2.57. The molecule has 0 saturated carbocycles. The van der Waals surface area contributed by atoms with Crippen molar-refractivity contribution in [1.82, 2.24) is 0 Å². The minimum absolute atomic E-state index is 0.0831. The molecule has 1 rings (SSSR count). The van der Waals surface area contributed by atoms with Crippen LogP contribution < -0.4 is 10.1 Å². The van der Waals surface area contributed by atoms with Gasteiger partial charge in [-0.3, -0.25) is 4.79 Å². The molecule has 1 N–H and O–H groups in total. The van der Waals surface area contributed by atoms with E-state index < -0.39 is 5.60 Å². The van der Waals surface area contributed by atoms with Crippen LogP contribution in [-0.2, 0) is 9.53 Å². The Kier molecular flexibility index (Phi) is 8.83. The number of nitrogens with one attached hydrogen (secondary N) is 1. The maximum Gasteiger partial charge on any atom is 0.256 e. The monoisotopic (exact) mass is 335 g/mol. The van der Waals surface area contributed by atoms with Crippen molar-refractivity contribution in [2.24, 2.45) is 5.92 Å². The third kappa shape index (κ3) is 6.91. The standard InChI is InChI=1S/C20H33NO3/c1-6-8-13-20(5,24-14-7-2)19(22)21-17-9-11-18(12-10-17)23-15-16(3)4/h9-12,16H,6-8,13-15H2,1-5H3,(H,21,22)/t20-/m1/s1. The van der Waals surface area contributed by atoms with Gasteiger partial charge in [0.25, 0.3) is 5.91 Å². The van der Waals surface area contributed by atoms with Crippen LogP contribution >= 0.6 is 0 Å². The lowest BCUT2D eigenvalue weighted by Gasteiger charge is -2.28. The van der Waals surface area contributed by atoms with Gasteiger partial charge in [-0.2, -0.15) is 0 Å². The van der Waals surface area contributed by atoms with Gasteiger partial charge in [-0.15, -0.1) is 0 Å². The van der Waals surface area contributed by atoms with Crippen molar-refractivity contribution in [1.29, 1.82) is 0 Å². The summed E-state index contributed by atoms with van der Waals surface area (Å²) in [6.45, 7) is 11.6. The normalized spacial score (nSPS) is 13.6. The molecule has 24 heavy (non-hydrogen) atoms. The fourth-order valence-electron chi connectivity index (χ4n) is 2.25. The highest BCUT2D eigenvalue weighted by Crippen LogP contribution is 2.23. The molecule has 1 atom stereocenters. The highest BCUT2D eigenvalue weighted by molar-refractivity contribution is 5.97. The SMILES string of the molecule is CCCC[C@@](C)(OCCC)C(=O)Nc1ccc(OCC(C)C)cc1. The first-order chi connectivity index (χ1) is 11.4. The number of hydrogen-bond donors (Lipinski definition) is 1. The second kappa shape index (κ2) is 10.3. The minimum Gasteiger partial charge on any atom is -0.493 e. The molecule has 136 valence electrons. The predicted molar refractivity (Wildman–Crippen MR) is 99.6 cm³/mol. The van der Waals surface area contributed by atoms with Crippen LogP contribution in [0, 0.1) is 5.92 Å². The molecule has 1 aromatic carbocycles. The third-order valence-corrected chi connectivity index (χ3v) is 3.81. The van der Waals surface area contributed by atoms with E-state index in [0.717, 1.165) is 37.1 Å². The van der Waals surface area contributed by atoms with Crippen LogP contribution in [0.15, 0.2) is 24.3 Å². The van der Waals surface area contributed by atoms with Gasteiger partial charge in [0.05, 0.1) is 6.61 Å². The van der Waals surface area contributed by atoms with E-state index in [1.807, 2.05) is 38.1 Å². The van der Waals surface area contributed by atoms with Gasteiger partial charge in [0, 0.05) is 12.3 Å². The number of rotatable bonds is 11. The van der Waals surface area contributed by atoms with Crippen LogP contribution in [0.5, 0.6) is 5.75 Å². The van der Waals surface area contributed by atoms with E-state index in [1.165, 1.54) is 0 Å². The molecule has 0 saturated heterocycles. The molecule has 1 amide bonds. The predicted octanol–water partition coefficient (Wildman–Crippen LogP) is 5.04. The largest absolute Gasteiger partial charge is 0.493 e. The smallest absolute Gasteiger partial charge is 0.256 e. The summed E-state index contributed by atoms with van der Waals surface area (Å²) in [4.78, 5) is 12.7. The first kappa shape index (κ1) is 20.5. The molecule has 0 aliphatic carbocycles. The topological polar surface area (TPSA) is 47.6 Å². The molecule has 0 aliphatic rings. The number of benzene rings is 1. The zero-order valence-corrected chi connectivity index (χ0v) is 15.9. The maximum atomic E-state index is 12.7. The van der Waals surface area contributed by atoms with E-state index in [-0.39, 0.29) is 5.91 Å². The lowest BCUT2D eigenvalue weighted by atomic mass is 9.97. The van der Waals surface area contributed by atoms with Crippen LogP contribution in [-0.4, -0.2) is 24.7 Å². The molecule has 4 nitrogen and oxygen atoms in total. The Hall–Kier alpha value is -1.55. The zero-order chi connectivity index (χ0) is 18.0. The summed E-state index contributed by atoms with van der Waals surface area (Å²) in [6.07, 6.45) is 3.64. The fourth-order valence-corrected chi connectivity index (χ4v) is 2.25. The average molecular weight is 335 g/mol. The number of carbonyl (C=O) groups excluding carboxylic acids is 1. The molecule has 0 aliphatic heterocycles. The Morgan fingerprint density at radius 2 is 1.83 bits per heavy atom. The van der Waals surface area contributed by atoms with Crippen molar-refractivity contribution in [2.75, 3.05) is 18.5 Å². The van der Waals surface area contributed by atoms with E-state index in [1.54, 1.807) is 0 Å². The van der Waals surface area contributed by atoms with Crippen molar-refractivity contribution in [3.05, 3.63) is 24.3 Å². The second-order valence-corrected chi connectivity index (χ2v) is 6.87. The molecular weight excluding hydrogens is 302 g/mol. The van der Waals surface area contributed by atoms with E-state index in [2.05, 4.69) is 26.1 Å². The van der Waals surface area contributed by atoms with Gasteiger partial charge in [0.15, 0.2) is 0 Å². The van der Waals surface area contributed by atoms with E-state index in [4.69, 9.17) is 9.47 Å². The summed E-state index contributed by atoms with van der Waals surface area (Å²) in [5.41, 5.74) is -0.0153. The van der Waals surface area contributed by atoms with E-state index in [9.17, 15) is 4.79 Å². The number of unbranched alkanes of at least 4 members (excludes halogenated alkanes) is 1. The van der Waals surface area contributed by atoms with Crippen LogP contribution in [0.1, 0.15) is 60.3 Å². The fraction of sp³-hybridized carbons (Fsp3) is 0.650. The Balaban J connectivity index is 2.68. The highest BCUT2D eigenvalue weighted by Gasteiger charge is 2.33.